The van der Waals surface area contributed by atoms with Gasteiger partial charge in [0.1, 0.15) is 17.6 Å². The van der Waals surface area contributed by atoms with Gasteiger partial charge in [0, 0.05) is 18.2 Å². The molecule has 5 rings (SSSR count). The Morgan fingerprint density at radius 1 is 1.10 bits per heavy atom. The van der Waals surface area contributed by atoms with Crippen molar-refractivity contribution in [2.24, 2.45) is 9.98 Å². The highest BCUT2D eigenvalue weighted by Crippen LogP contribution is 2.35. The van der Waals surface area contributed by atoms with Crippen molar-refractivity contribution in [1.29, 1.82) is 0 Å². The molecule has 0 spiro atoms. The molecule has 1 saturated carbocycles. The second-order valence-electron chi connectivity index (χ2n) is 10.2. The van der Waals surface area contributed by atoms with Gasteiger partial charge in [-0.3, -0.25) is 19.4 Å². The van der Waals surface area contributed by atoms with E-state index < -0.39 is 11.3 Å². The van der Waals surface area contributed by atoms with Crippen LogP contribution in [0.25, 0.3) is 0 Å². The molecule has 0 aromatic heterocycles. The van der Waals surface area contributed by atoms with Gasteiger partial charge in [-0.05, 0) is 49.1 Å². The Bertz CT molecular complexity index is 1320. The second kappa shape index (κ2) is 12.7. The molecule has 2 N–H and O–H groups in total. The molecule has 10 heteroatoms. The molecule has 3 aliphatic rings. The molecule has 0 radical (unpaired) electrons. The van der Waals surface area contributed by atoms with Crippen LogP contribution in [0.15, 0.2) is 58.5 Å². The Morgan fingerprint density at radius 3 is 2.58 bits per heavy atom. The van der Waals surface area contributed by atoms with Crippen LogP contribution in [-0.2, 0) is 20.9 Å². The van der Waals surface area contributed by atoms with Crippen LogP contribution >= 0.6 is 11.8 Å². The summed E-state index contributed by atoms with van der Waals surface area (Å²) in [4.78, 5) is 50.6. The first kappa shape index (κ1) is 27.9. The third-order valence-corrected chi connectivity index (χ3v) is 8.75. The zero-order valence-corrected chi connectivity index (χ0v) is 23.7. The molecule has 2 aliphatic heterocycles. The Kier molecular flexibility index (Phi) is 8.84. The number of aliphatic imine (C=N–C) groups is 2. The summed E-state index contributed by atoms with van der Waals surface area (Å²) in [6, 6.07) is 14.3. The zero-order chi connectivity index (χ0) is 28.1. The smallest absolute Gasteiger partial charge is 0.259 e. The topological polar surface area (TPSA) is 112 Å². The van der Waals surface area contributed by atoms with E-state index in [0.717, 1.165) is 42.6 Å². The van der Waals surface area contributed by atoms with E-state index in [2.05, 4.69) is 10.6 Å². The number of carbonyl (C=O) groups excluding carboxylic acids is 3. The van der Waals surface area contributed by atoms with Gasteiger partial charge in [-0.1, -0.05) is 62.2 Å². The zero-order valence-electron chi connectivity index (χ0n) is 22.9. The van der Waals surface area contributed by atoms with Crippen LogP contribution in [0.2, 0.25) is 0 Å². The number of hydrogen-bond donors (Lipinski definition) is 2. The number of thioether (sulfide) groups is 1. The van der Waals surface area contributed by atoms with E-state index in [1.807, 2.05) is 55.5 Å². The van der Waals surface area contributed by atoms with Crippen molar-refractivity contribution >= 4 is 46.2 Å². The largest absolute Gasteiger partial charge is 0.497 e. The molecule has 1 aliphatic carbocycles. The number of benzene rings is 2. The highest BCUT2D eigenvalue weighted by molar-refractivity contribution is 8.15. The van der Waals surface area contributed by atoms with E-state index in [-0.39, 0.29) is 30.2 Å². The van der Waals surface area contributed by atoms with Gasteiger partial charge in [0.2, 0.25) is 11.8 Å². The molecule has 2 aromatic carbocycles. The first-order valence-electron chi connectivity index (χ1n) is 13.9. The third kappa shape index (κ3) is 6.22. The minimum atomic E-state index is -0.862. The number of fused-ring (bicyclic) bond motifs is 3. The summed E-state index contributed by atoms with van der Waals surface area (Å²) >= 11 is 1.29. The Morgan fingerprint density at radius 2 is 1.85 bits per heavy atom. The maximum atomic E-state index is 13.6. The van der Waals surface area contributed by atoms with E-state index in [0.29, 0.717) is 29.7 Å². The van der Waals surface area contributed by atoms with Crippen LogP contribution in [0.5, 0.6) is 5.75 Å². The highest BCUT2D eigenvalue weighted by atomic mass is 32.2. The molecule has 2 aromatic rings. The summed E-state index contributed by atoms with van der Waals surface area (Å²) in [7, 11) is 1.60. The molecule has 3 amide bonds. The number of rotatable bonds is 9. The Labute approximate surface area is 238 Å². The monoisotopic (exact) mass is 561 g/mol. The van der Waals surface area contributed by atoms with E-state index in [1.54, 1.807) is 7.11 Å². The van der Waals surface area contributed by atoms with Crippen molar-refractivity contribution in [2.45, 2.75) is 75.7 Å². The molecule has 2 atom stereocenters. The fourth-order valence-electron chi connectivity index (χ4n) is 5.20. The second-order valence-corrected chi connectivity index (χ2v) is 11.4. The highest BCUT2D eigenvalue weighted by Gasteiger charge is 2.43. The Hall–Kier alpha value is -3.66. The molecule has 40 heavy (non-hydrogen) atoms. The van der Waals surface area contributed by atoms with Crippen LogP contribution in [-0.4, -0.2) is 58.1 Å². The first-order valence-corrected chi connectivity index (χ1v) is 14.8. The van der Waals surface area contributed by atoms with Gasteiger partial charge in [-0.25, -0.2) is 9.89 Å². The van der Waals surface area contributed by atoms with Gasteiger partial charge in [0.25, 0.3) is 5.91 Å². The standard InChI is InChI=1S/C30H35N5O4S/c1-3-25(28(37)32-20-9-5-4-6-10-20)40-30-34-23-12-8-7-11-22(23)27-33-24(29(38)35(27)30)17-26(36)31-18-19-13-15-21(39-2)16-14-19/h7-8,11-16,20,24-25H,3-6,9-10,17-18H2,1-2H3,(H,31,36)(H,32,37)/t24-,25-/m1/s1. The molecular weight excluding hydrogens is 526 g/mol. The molecule has 0 saturated heterocycles. The fraction of sp³-hybridized carbons (Fsp3) is 0.433. The number of amides is 3. The number of hydrogen-bond acceptors (Lipinski definition) is 7. The lowest BCUT2D eigenvalue weighted by Crippen LogP contribution is -2.45. The molecule has 9 nitrogen and oxygen atoms in total. The minimum absolute atomic E-state index is 0.0273. The van der Waals surface area contributed by atoms with Crippen molar-refractivity contribution in [3.05, 3.63) is 59.7 Å². The summed E-state index contributed by atoms with van der Waals surface area (Å²) in [5, 5.41) is 6.12. The molecular formula is C30H35N5O4S. The van der Waals surface area contributed by atoms with Gasteiger partial charge in [0.05, 0.1) is 24.5 Å². The van der Waals surface area contributed by atoms with E-state index in [1.165, 1.54) is 23.1 Å². The first-order chi connectivity index (χ1) is 19.5. The van der Waals surface area contributed by atoms with E-state index in [9.17, 15) is 14.4 Å². The maximum Gasteiger partial charge on any atom is 0.259 e. The summed E-state index contributed by atoms with van der Waals surface area (Å²) in [5.74, 6) is 0.620. The third-order valence-electron chi connectivity index (χ3n) is 7.44. The molecule has 0 unspecified atom stereocenters. The van der Waals surface area contributed by atoms with Gasteiger partial charge >= 0.3 is 0 Å². The number of carbonyl (C=O) groups is 3. The van der Waals surface area contributed by atoms with Crippen molar-refractivity contribution in [2.75, 3.05) is 7.11 Å². The predicted molar refractivity (Wildman–Crippen MR) is 157 cm³/mol. The number of amidine groups is 2. The average molecular weight is 562 g/mol. The van der Waals surface area contributed by atoms with Crippen molar-refractivity contribution in [1.82, 2.24) is 15.5 Å². The number of ether oxygens (including phenoxy) is 1. The SMILES string of the molecule is CC[C@@H](SC1=Nc2ccccc2C2=N[C@H](CC(=O)NCc3ccc(OC)cc3)C(=O)N12)C(=O)NC1CCCCC1. The maximum absolute atomic E-state index is 13.6. The Balaban J connectivity index is 1.29. The fourth-order valence-corrected chi connectivity index (χ4v) is 6.23. The number of para-hydroxylation sites is 1. The van der Waals surface area contributed by atoms with Crippen LogP contribution in [0.1, 0.15) is 63.0 Å². The van der Waals surface area contributed by atoms with Crippen LogP contribution in [0.4, 0.5) is 5.69 Å². The van der Waals surface area contributed by atoms with Crippen LogP contribution in [0.3, 0.4) is 0 Å². The number of nitrogens with zero attached hydrogens (tertiary/aromatic N) is 3. The molecule has 210 valence electrons. The average Bonchev–Trinajstić information content (AvgIpc) is 3.31. The van der Waals surface area contributed by atoms with Crippen molar-refractivity contribution in [3.63, 3.8) is 0 Å². The van der Waals surface area contributed by atoms with Gasteiger partial charge in [-0.2, -0.15) is 0 Å². The van der Waals surface area contributed by atoms with E-state index in [4.69, 9.17) is 14.7 Å². The number of methoxy groups -OCH3 is 1. The normalized spacial score (nSPS) is 19.2. The number of nitrogens with one attached hydrogen (secondary N) is 2. The quantitative estimate of drug-likeness (QED) is 0.474. The lowest BCUT2D eigenvalue weighted by molar-refractivity contribution is -0.128. The lowest BCUT2D eigenvalue weighted by Gasteiger charge is -2.29. The summed E-state index contributed by atoms with van der Waals surface area (Å²) in [6.07, 6.45) is 6.01. The predicted octanol–water partition coefficient (Wildman–Crippen LogP) is 4.32. The van der Waals surface area contributed by atoms with E-state index >= 15 is 0 Å². The minimum Gasteiger partial charge on any atom is -0.497 e. The molecule has 0 bridgehead atoms. The lowest BCUT2D eigenvalue weighted by atomic mass is 9.95. The summed E-state index contributed by atoms with van der Waals surface area (Å²) in [6.45, 7) is 2.30. The summed E-state index contributed by atoms with van der Waals surface area (Å²) in [5.41, 5.74) is 2.36. The molecule has 2 heterocycles. The van der Waals surface area contributed by atoms with Crippen molar-refractivity contribution in [3.8, 4) is 5.75 Å². The van der Waals surface area contributed by atoms with Gasteiger partial charge < -0.3 is 15.4 Å². The van der Waals surface area contributed by atoms with Crippen LogP contribution in [0, 0.1) is 0 Å². The van der Waals surface area contributed by atoms with Gasteiger partial charge in [-0.15, -0.1) is 0 Å². The summed E-state index contributed by atoms with van der Waals surface area (Å²) < 4.78 is 5.18. The van der Waals surface area contributed by atoms with Gasteiger partial charge in [0.15, 0.2) is 5.17 Å². The van der Waals surface area contributed by atoms with Crippen LogP contribution < -0.4 is 15.4 Å². The molecule has 1 fully saturated rings. The van der Waals surface area contributed by atoms with Crippen molar-refractivity contribution < 1.29 is 19.1 Å².